The average molecular weight is 243 g/mol. The second-order valence-corrected chi connectivity index (χ2v) is 3.61. The number of benzene rings is 1. The molecule has 6 heteroatoms. The molecule has 1 aromatic carbocycles. The molecule has 0 aliphatic heterocycles. The molecule has 18 heavy (non-hydrogen) atoms. The minimum atomic E-state index is -0.209. The number of anilines is 1. The van der Waals surface area contributed by atoms with Crippen LogP contribution in [0.5, 0.6) is 0 Å². The molecular weight excluding hydrogens is 230 g/mol. The zero-order valence-corrected chi connectivity index (χ0v) is 9.56. The zero-order valence-electron chi connectivity index (χ0n) is 9.56. The van der Waals surface area contributed by atoms with Crippen molar-refractivity contribution in [2.45, 2.75) is 0 Å². The molecule has 0 amide bonds. The molecule has 2 aromatic rings. The number of nitrogens with two attached hydrogens (primary N) is 1. The van der Waals surface area contributed by atoms with Gasteiger partial charge in [-0.1, -0.05) is 30.3 Å². The van der Waals surface area contributed by atoms with Crippen LogP contribution in [0.2, 0.25) is 0 Å². The predicted octanol–water partition coefficient (Wildman–Crippen LogP) is 1.61. The van der Waals surface area contributed by atoms with Crippen molar-refractivity contribution in [3.63, 3.8) is 0 Å². The van der Waals surface area contributed by atoms with Crippen LogP contribution in [0, 0.1) is 5.41 Å². The summed E-state index contributed by atoms with van der Waals surface area (Å²) in [6.07, 6.45) is 5.90. The van der Waals surface area contributed by atoms with E-state index in [-0.39, 0.29) is 5.96 Å². The van der Waals surface area contributed by atoms with Gasteiger partial charge in [0.25, 0.3) is 0 Å². The number of nitrogens with one attached hydrogen (secondary N) is 1. The lowest BCUT2D eigenvalue weighted by Crippen LogP contribution is -2.28. The smallest absolute Gasteiger partial charge is 0.247 e. The summed E-state index contributed by atoms with van der Waals surface area (Å²) in [5.41, 5.74) is 6.83. The van der Waals surface area contributed by atoms with Crippen molar-refractivity contribution in [2.75, 3.05) is 5.73 Å². The van der Waals surface area contributed by atoms with Crippen molar-refractivity contribution in [1.82, 2.24) is 14.8 Å². The van der Waals surface area contributed by atoms with E-state index in [4.69, 9.17) is 11.1 Å². The van der Waals surface area contributed by atoms with Crippen molar-refractivity contribution in [1.29, 1.82) is 5.41 Å². The highest BCUT2D eigenvalue weighted by Crippen LogP contribution is 2.03. The molecule has 0 spiro atoms. The Morgan fingerprint density at radius 3 is 2.72 bits per heavy atom. The average Bonchev–Trinajstić information content (AvgIpc) is 2.83. The SMILES string of the molecule is N=C(N(O)C=Cc1ccccc1)n1cc(N)cn1. The Hall–Kier alpha value is -2.60. The van der Waals surface area contributed by atoms with Gasteiger partial charge in [0.15, 0.2) is 0 Å². The minimum absolute atomic E-state index is 0.209. The highest BCUT2D eigenvalue weighted by Gasteiger charge is 2.06. The fraction of sp³-hybridized carbons (Fsp3) is 0. The molecule has 92 valence electrons. The van der Waals surface area contributed by atoms with Crippen LogP contribution in [0.15, 0.2) is 48.9 Å². The molecule has 4 N–H and O–H groups in total. The number of hydrogen-bond acceptors (Lipinski definition) is 4. The van der Waals surface area contributed by atoms with Crippen molar-refractivity contribution in [2.24, 2.45) is 0 Å². The highest BCUT2D eigenvalue weighted by atomic mass is 16.5. The summed E-state index contributed by atoms with van der Waals surface area (Å²) in [6.45, 7) is 0. The summed E-state index contributed by atoms with van der Waals surface area (Å²) < 4.78 is 1.17. The summed E-state index contributed by atoms with van der Waals surface area (Å²) in [6, 6.07) is 9.46. The first-order valence-corrected chi connectivity index (χ1v) is 5.27. The molecule has 0 saturated heterocycles. The topological polar surface area (TPSA) is 91.2 Å². The maximum Gasteiger partial charge on any atom is 0.247 e. The van der Waals surface area contributed by atoms with E-state index in [0.29, 0.717) is 10.8 Å². The molecule has 0 aliphatic carbocycles. The van der Waals surface area contributed by atoms with E-state index in [0.717, 1.165) is 5.56 Å². The Balaban J connectivity index is 2.06. The van der Waals surface area contributed by atoms with Crippen LogP contribution in [0.1, 0.15) is 5.56 Å². The van der Waals surface area contributed by atoms with Gasteiger partial charge in [-0.2, -0.15) is 10.2 Å². The van der Waals surface area contributed by atoms with Crippen LogP contribution >= 0.6 is 0 Å². The quantitative estimate of drug-likeness (QED) is 0.424. The summed E-state index contributed by atoms with van der Waals surface area (Å²) >= 11 is 0. The molecule has 2 rings (SSSR count). The van der Waals surface area contributed by atoms with Crippen LogP contribution in [-0.2, 0) is 0 Å². The highest BCUT2D eigenvalue weighted by molar-refractivity contribution is 5.79. The second kappa shape index (κ2) is 5.15. The van der Waals surface area contributed by atoms with Gasteiger partial charge in [-0.25, -0.2) is 4.68 Å². The molecule has 0 atom stereocenters. The van der Waals surface area contributed by atoms with Crippen molar-refractivity contribution in [3.05, 3.63) is 54.5 Å². The number of nitrogen functional groups attached to an aromatic ring is 1. The summed E-state index contributed by atoms with van der Waals surface area (Å²) in [5, 5.41) is 21.8. The van der Waals surface area contributed by atoms with Gasteiger partial charge in [-0.3, -0.25) is 10.6 Å². The van der Waals surface area contributed by atoms with E-state index in [1.54, 1.807) is 6.08 Å². The Morgan fingerprint density at radius 2 is 2.11 bits per heavy atom. The fourth-order valence-corrected chi connectivity index (χ4v) is 1.35. The number of nitrogens with zero attached hydrogens (tertiary/aromatic N) is 3. The first kappa shape index (κ1) is 11.9. The van der Waals surface area contributed by atoms with E-state index >= 15 is 0 Å². The monoisotopic (exact) mass is 243 g/mol. The van der Waals surface area contributed by atoms with Gasteiger partial charge in [0.2, 0.25) is 5.96 Å². The third kappa shape index (κ3) is 2.74. The minimum Gasteiger partial charge on any atom is -0.396 e. The fourth-order valence-electron chi connectivity index (χ4n) is 1.35. The van der Waals surface area contributed by atoms with Crippen molar-refractivity contribution < 1.29 is 5.21 Å². The largest absolute Gasteiger partial charge is 0.396 e. The Morgan fingerprint density at radius 1 is 1.39 bits per heavy atom. The van der Waals surface area contributed by atoms with Crippen LogP contribution < -0.4 is 5.73 Å². The molecule has 0 aliphatic rings. The standard InChI is InChI=1S/C12H13N5O/c13-11-8-15-16(9-11)12(14)17(18)7-6-10-4-2-1-3-5-10/h1-9,14,18H,13H2. The Kier molecular flexibility index (Phi) is 3.40. The van der Waals surface area contributed by atoms with E-state index in [9.17, 15) is 5.21 Å². The number of hydrogen-bond donors (Lipinski definition) is 3. The van der Waals surface area contributed by atoms with Gasteiger partial charge in [0, 0.05) is 6.20 Å². The molecular formula is C12H13N5O. The summed E-state index contributed by atoms with van der Waals surface area (Å²) in [5.74, 6) is -0.209. The number of hydroxylamine groups is 2. The van der Waals surface area contributed by atoms with Crippen molar-refractivity contribution in [3.8, 4) is 0 Å². The first-order chi connectivity index (χ1) is 8.66. The Bertz CT molecular complexity index is 561. The van der Waals surface area contributed by atoms with Crippen LogP contribution in [0.3, 0.4) is 0 Å². The Labute approximate surface area is 104 Å². The predicted molar refractivity (Wildman–Crippen MR) is 68.9 cm³/mol. The number of rotatable bonds is 2. The third-order valence-corrected chi connectivity index (χ3v) is 2.24. The van der Waals surface area contributed by atoms with Gasteiger partial charge in [-0.05, 0) is 11.6 Å². The maximum atomic E-state index is 9.66. The lowest BCUT2D eigenvalue weighted by atomic mass is 10.2. The van der Waals surface area contributed by atoms with Gasteiger partial charge < -0.3 is 5.73 Å². The van der Waals surface area contributed by atoms with Gasteiger partial charge >= 0.3 is 0 Å². The van der Waals surface area contributed by atoms with E-state index < -0.39 is 0 Å². The lowest BCUT2D eigenvalue weighted by Gasteiger charge is -2.11. The molecule has 0 bridgehead atoms. The van der Waals surface area contributed by atoms with Gasteiger partial charge in [0.1, 0.15) is 0 Å². The maximum absolute atomic E-state index is 9.66. The van der Waals surface area contributed by atoms with E-state index in [1.165, 1.54) is 23.3 Å². The van der Waals surface area contributed by atoms with Crippen LogP contribution in [0.4, 0.5) is 5.69 Å². The normalized spacial score (nSPS) is 10.7. The molecule has 6 nitrogen and oxygen atoms in total. The molecule has 0 fully saturated rings. The molecule has 1 heterocycles. The van der Waals surface area contributed by atoms with Crippen molar-refractivity contribution >= 4 is 17.7 Å². The van der Waals surface area contributed by atoms with Crippen LogP contribution in [0.25, 0.3) is 6.08 Å². The molecule has 0 unspecified atom stereocenters. The number of aromatic nitrogens is 2. The lowest BCUT2D eigenvalue weighted by molar-refractivity contribution is 0.0326. The summed E-state index contributed by atoms with van der Waals surface area (Å²) in [7, 11) is 0. The zero-order chi connectivity index (χ0) is 13.0. The van der Waals surface area contributed by atoms with Gasteiger partial charge in [0.05, 0.1) is 18.1 Å². The first-order valence-electron chi connectivity index (χ1n) is 5.27. The molecule has 0 saturated carbocycles. The van der Waals surface area contributed by atoms with Crippen LogP contribution in [-0.4, -0.2) is 26.0 Å². The van der Waals surface area contributed by atoms with E-state index in [1.807, 2.05) is 30.3 Å². The molecule has 1 aromatic heterocycles. The van der Waals surface area contributed by atoms with E-state index in [2.05, 4.69) is 5.10 Å². The molecule has 0 radical (unpaired) electrons. The third-order valence-electron chi connectivity index (χ3n) is 2.24. The second-order valence-electron chi connectivity index (χ2n) is 3.61. The summed E-state index contributed by atoms with van der Waals surface area (Å²) in [4.78, 5) is 0. The van der Waals surface area contributed by atoms with Gasteiger partial charge in [-0.15, -0.1) is 0 Å².